The minimum absolute atomic E-state index is 0.0144. The molecule has 1 rings (SSSR count). The van der Waals surface area contributed by atoms with E-state index < -0.39 is 4.92 Å². The third-order valence-corrected chi connectivity index (χ3v) is 2.06. The lowest BCUT2D eigenvalue weighted by Gasteiger charge is -2.07. The van der Waals surface area contributed by atoms with Gasteiger partial charge in [-0.25, -0.2) is 0 Å². The summed E-state index contributed by atoms with van der Waals surface area (Å²) < 4.78 is 15.0. The van der Waals surface area contributed by atoms with Crippen LogP contribution >= 0.6 is 0 Å². The standard InChI is InChI=1S/C11H13NO6/c1-16-4-5-17-8-18-10-2-3-11(12(14)15)9(6-10)7-13/h2-3,6-7H,4-5,8H2,1H3. The zero-order valence-electron chi connectivity index (χ0n) is 9.83. The molecule has 0 radical (unpaired) electrons. The van der Waals surface area contributed by atoms with Gasteiger partial charge in [-0.15, -0.1) is 0 Å². The van der Waals surface area contributed by atoms with E-state index in [9.17, 15) is 14.9 Å². The van der Waals surface area contributed by atoms with E-state index in [0.29, 0.717) is 25.2 Å². The molecular weight excluding hydrogens is 242 g/mol. The number of hydrogen-bond donors (Lipinski definition) is 0. The van der Waals surface area contributed by atoms with Gasteiger partial charge in [-0.05, 0) is 12.1 Å². The highest BCUT2D eigenvalue weighted by molar-refractivity contribution is 5.82. The lowest BCUT2D eigenvalue weighted by molar-refractivity contribution is -0.385. The highest BCUT2D eigenvalue weighted by Gasteiger charge is 2.13. The van der Waals surface area contributed by atoms with Crippen LogP contribution in [0.2, 0.25) is 0 Å². The third kappa shape index (κ3) is 4.11. The Morgan fingerprint density at radius 3 is 2.78 bits per heavy atom. The van der Waals surface area contributed by atoms with E-state index >= 15 is 0 Å². The number of aldehydes is 1. The summed E-state index contributed by atoms with van der Waals surface area (Å²) >= 11 is 0. The fourth-order valence-electron chi connectivity index (χ4n) is 1.19. The van der Waals surface area contributed by atoms with Crippen molar-refractivity contribution in [3.63, 3.8) is 0 Å². The van der Waals surface area contributed by atoms with Crippen molar-refractivity contribution in [1.29, 1.82) is 0 Å². The number of carbonyl (C=O) groups is 1. The predicted octanol–water partition coefficient (Wildman–Crippen LogP) is 1.41. The maximum atomic E-state index is 10.7. The summed E-state index contributed by atoms with van der Waals surface area (Å²) in [5, 5.41) is 10.6. The van der Waals surface area contributed by atoms with Gasteiger partial charge in [0.1, 0.15) is 5.75 Å². The van der Waals surface area contributed by atoms with Crippen molar-refractivity contribution in [2.75, 3.05) is 27.1 Å². The third-order valence-electron chi connectivity index (χ3n) is 2.06. The molecule has 7 heteroatoms. The molecule has 0 aliphatic heterocycles. The van der Waals surface area contributed by atoms with E-state index in [1.807, 2.05) is 0 Å². The molecule has 18 heavy (non-hydrogen) atoms. The number of benzene rings is 1. The normalized spacial score (nSPS) is 10.1. The Balaban J connectivity index is 2.57. The van der Waals surface area contributed by atoms with Crippen LogP contribution in [-0.4, -0.2) is 38.3 Å². The topological polar surface area (TPSA) is 87.9 Å². The van der Waals surface area contributed by atoms with Gasteiger partial charge in [0.25, 0.3) is 5.69 Å². The largest absolute Gasteiger partial charge is 0.468 e. The fourth-order valence-corrected chi connectivity index (χ4v) is 1.19. The van der Waals surface area contributed by atoms with Gasteiger partial charge in [0.2, 0.25) is 0 Å². The summed E-state index contributed by atoms with van der Waals surface area (Å²) in [6, 6.07) is 3.92. The molecule has 1 aromatic carbocycles. The average Bonchev–Trinajstić information content (AvgIpc) is 2.38. The molecule has 7 nitrogen and oxygen atoms in total. The van der Waals surface area contributed by atoms with Crippen molar-refractivity contribution < 1.29 is 23.9 Å². The van der Waals surface area contributed by atoms with E-state index in [1.54, 1.807) is 7.11 Å². The second-order valence-corrected chi connectivity index (χ2v) is 3.26. The van der Waals surface area contributed by atoms with Crippen molar-refractivity contribution in [3.8, 4) is 5.75 Å². The van der Waals surface area contributed by atoms with E-state index in [-0.39, 0.29) is 18.0 Å². The van der Waals surface area contributed by atoms with Gasteiger partial charge in [-0.3, -0.25) is 14.9 Å². The Bertz CT molecular complexity index is 420. The predicted molar refractivity (Wildman–Crippen MR) is 61.8 cm³/mol. The first kappa shape index (κ1) is 14.1. The van der Waals surface area contributed by atoms with Crippen molar-refractivity contribution in [2.24, 2.45) is 0 Å². The van der Waals surface area contributed by atoms with Crippen LogP contribution in [0.4, 0.5) is 5.69 Å². The highest BCUT2D eigenvalue weighted by atomic mass is 16.7. The number of methoxy groups -OCH3 is 1. The summed E-state index contributed by atoms with van der Waals surface area (Å²) in [6.07, 6.45) is 0.413. The summed E-state index contributed by atoms with van der Waals surface area (Å²) in [6.45, 7) is 0.812. The number of hydrogen-bond acceptors (Lipinski definition) is 6. The van der Waals surface area contributed by atoms with Crippen LogP contribution in [0.15, 0.2) is 18.2 Å². The summed E-state index contributed by atoms with van der Waals surface area (Å²) in [5.41, 5.74) is -0.285. The SMILES string of the molecule is COCCOCOc1ccc([N+](=O)[O-])c(C=O)c1. The van der Waals surface area contributed by atoms with Crippen molar-refractivity contribution in [3.05, 3.63) is 33.9 Å². The summed E-state index contributed by atoms with van der Waals surface area (Å²) in [7, 11) is 1.55. The molecule has 0 unspecified atom stereocenters. The van der Waals surface area contributed by atoms with Crippen molar-refractivity contribution in [1.82, 2.24) is 0 Å². The molecule has 0 saturated heterocycles. The van der Waals surface area contributed by atoms with Crippen LogP contribution in [0.25, 0.3) is 0 Å². The van der Waals surface area contributed by atoms with Crippen LogP contribution in [0, 0.1) is 10.1 Å². The number of nitro groups is 1. The van der Waals surface area contributed by atoms with Crippen molar-refractivity contribution in [2.45, 2.75) is 0 Å². The molecule has 0 N–H and O–H groups in total. The van der Waals surface area contributed by atoms with Crippen molar-refractivity contribution >= 4 is 12.0 Å². The summed E-state index contributed by atoms with van der Waals surface area (Å²) in [5.74, 6) is 0.333. The quantitative estimate of drug-likeness (QED) is 0.229. The Hall–Kier alpha value is -1.99. The molecular formula is C11H13NO6. The molecule has 1 aromatic rings. The number of nitrogens with zero attached hydrogens (tertiary/aromatic N) is 1. The zero-order chi connectivity index (χ0) is 13.4. The number of rotatable bonds is 8. The van der Waals surface area contributed by atoms with Crippen LogP contribution < -0.4 is 4.74 Å². The molecule has 0 heterocycles. The molecule has 0 saturated carbocycles. The van der Waals surface area contributed by atoms with Crippen LogP contribution in [0.3, 0.4) is 0 Å². The van der Waals surface area contributed by atoms with Crippen LogP contribution in [0.1, 0.15) is 10.4 Å². The Kier molecular flexibility index (Phi) is 5.75. The van der Waals surface area contributed by atoms with E-state index in [2.05, 4.69) is 0 Å². The minimum atomic E-state index is -0.622. The van der Waals surface area contributed by atoms with E-state index in [4.69, 9.17) is 14.2 Å². The minimum Gasteiger partial charge on any atom is -0.468 e. The van der Waals surface area contributed by atoms with Gasteiger partial charge in [0, 0.05) is 13.2 Å². The van der Waals surface area contributed by atoms with Gasteiger partial charge in [-0.2, -0.15) is 0 Å². The number of ether oxygens (including phenoxy) is 3. The second kappa shape index (κ2) is 7.36. The molecule has 0 atom stereocenters. The Morgan fingerprint density at radius 1 is 1.39 bits per heavy atom. The maximum Gasteiger partial charge on any atom is 0.280 e. The highest BCUT2D eigenvalue weighted by Crippen LogP contribution is 2.22. The van der Waals surface area contributed by atoms with Gasteiger partial charge >= 0.3 is 0 Å². The van der Waals surface area contributed by atoms with Gasteiger partial charge in [0.05, 0.1) is 23.7 Å². The lowest BCUT2D eigenvalue weighted by Crippen LogP contribution is -2.08. The molecule has 0 aliphatic carbocycles. The smallest absolute Gasteiger partial charge is 0.280 e. The average molecular weight is 255 g/mol. The zero-order valence-corrected chi connectivity index (χ0v) is 9.83. The molecule has 0 bridgehead atoms. The van der Waals surface area contributed by atoms with Crippen LogP contribution in [0.5, 0.6) is 5.75 Å². The first-order chi connectivity index (χ1) is 8.69. The summed E-state index contributed by atoms with van der Waals surface area (Å²) in [4.78, 5) is 20.7. The van der Waals surface area contributed by atoms with Gasteiger partial charge in [-0.1, -0.05) is 0 Å². The Labute approximate surface area is 103 Å². The molecule has 98 valence electrons. The number of nitro benzene ring substituents is 1. The lowest BCUT2D eigenvalue weighted by atomic mass is 10.2. The molecule has 0 fully saturated rings. The molecule has 0 amide bonds. The van der Waals surface area contributed by atoms with Gasteiger partial charge in [0.15, 0.2) is 13.1 Å². The molecule has 0 aromatic heterocycles. The fraction of sp³-hybridized carbons (Fsp3) is 0.364. The van der Waals surface area contributed by atoms with E-state index in [0.717, 1.165) is 0 Å². The second-order valence-electron chi connectivity index (χ2n) is 3.26. The maximum absolute atomic E-state index is 10.7. The first-order valence-electron chi connectivity index (χ1n) is 5.12. The number of carbonyl (C=O) groups excluding carboxylic acids is 1. The first-order valence-corrected chi connectivity index (χ1v) is 5.12. The van der Waals surface area contributed by atoms with E-state index in [1.165, 1.54) is 18.2 Å². The van der Waals surface area contributed by atoms with Gasteiger partial charge < -0.3 is 14.2 Å². The monoisotopic (exact) mass is 255 g/mol. The Morgan fingerprint density at radius 2 is 2.17 bits per heavy atom. The molecule has 0 spiro atoms. The molecule has 0 aliphatic rings. The van der Waals surface area contributed by atoms with Crippen LogP contribution in [-0.2, 0) is 9.47 Å².